The van der Waals surface area contributed by atoms with E-state index in [1.165, 1.54) is 0 Å². The molecule has 0 unspecified atom stereocenters. The van der Waals surface area contributed by atoms with Gasteiger partial charge in [-0.25, -0.2) is 0 Å². The van der Waals surface area contributed by atoms with Crippen molar-refractivity contribution in [1.82, 2.24) is 10.1 Å². The number of hydrogen-bond donors (Lipinski definition) is 1. The normalized spacial score (nSPS) is 10.6. The Kier molecular flexibility index (Phi) is 4.03. The van der Waals surface area contributed by atoms with Gasteiger partial charge < -0.3 is 10.3 Å². The lowest BCUT2D eigenvalue weighted by Gasteiger charge is -2.01. The lowest BCUT2D eigenvalue weighted by atomic mass is 10.3. The van der Waals surface area contributed by atoms with E-state index in [0.717, 1.165) is 29.2 Å². The number of aromatic nitrogens is 2. The highest BCUT2D eigenvalue weighted by molar-refractivity contribution is 7.98. The molecule has 0 aliphatic heterocycles. The third-order valence-corrected chi connectivity index (χ3v) is 3.34. The second-order valence-corrected chi connectivity index (χ2v) is 4.70. The number of nitrogen functional groups attached to an aromatic ring is 1. The predicted molar refractivity (Wildman–Crippen MR) is 68.7 cm³/mol. The molecular formula is C12H15N3OS. The Bertz CT molecular complexity index is 484. The standard InChI is InChI=1S/C12H15N3OS/c1-2-5-12-14-11(15-16-12)8-17-10-7-4-3-6-9(10)13/h3-4,6-7H,2,5,8,13H2,1H3. The smallest absolute Gasteiger partial charge is 0.226 e. The number of rotatable bonds is 5. The Morgan fingerprint density at radius 2 is 2.18 bits per heavy atom. The maximum atomic E-state index is 5.85. The second-order valence-electron chi connectivity index (χ2n) is 3.68. The lowest BCUT2D eigenvalue weighted by molar-refractivity contribution is 0.373. The molecule has 0 amide bonds. The quantitative estimate of drug-likeness (QED) is 0.652. The zero-order chi connectivity index (χ0) is 12.1. The molecule has 0 aliphatic rings. The maximum absolute atomic E-state index is 5.85. The molecular weight excluding hydrogens is 234 g/mol. The van der Waals surface area contributed by atoms with Crippen molar-refractivity contribution in [3.8, 4) is 0 Å². The van der Waals surface area contributed by atoms with Crippen LogP contribution in [0, 0.1) is 0 Å². The summed E-state index contributed by atoms with van der Waals surface area (Å²) in [5.41, 5.74) is 6.64. The van der Waals surface area contributed by atoms with Crippen molar-refractivity contribution in [3.05, 3.63) is 36.0 Å². The minimum Gasteiger partial charge on any atom is -0.398 e. The Labute approximate surface area is 105 Å². The molecule has 0 aliphatic carbocycles. The van der Waals surface area contributed by atoms with E-state index < -0.39 is 0 Å². The molecule has 5 heteroatoms. The molecule has 2 N–H and O–H groups in total. The zero-order valence-electron chi connectivity index (χ0n) is 9.72. The van der Waals surface area contributed by atoms with Gasteiger partial charge in [0.1, 0.15) is 0 Å². The third-order valence-electron chi connectivity index (χ3n) is 2.25. The van der Waals surface area contributed by atoms with E-state index in [0.29, 0.717) is 11.6 Å². The van der Waals surface area contributed by atoms with Gasteiger partial charge in [0.25, 0.3) is 0 Å². The van der Waals surface area contributed by atoms with E-state index in [1.807, 2.05) is 24.3 Å². The number of para-hydroxylation sites is 1. The summed E-state index contributed by atoms with van der Waals surface area (Å²) in [5, 5.41) is 3.93. The summed E-state index contributed by atoms with van der Waals surface area (Å²) in [7, 11) is 0. The monoisotopic (exact) mass is 249 g/mol. The van der Waals surface area contributed by atoms with Crippen LogP contribution in [0.5, 0.6) is 0 Å². The van der Waals surface area contributed by atoms with Crippen LogP contribution in [0.25, 0.3) is 0 Å². The van der Waals surface area contributed by atoms with Crippen LogP contribution in [-0.4, -0.2) is 10.1 Å². The van der Waals surface area contributed by atoms with Gasteiger partial charge in [0.15, 0.2) is 5.82 Å². The fourth-order valence-corrected chi connectivity index (χ4v) is 2.23. The third kappa shape index (κ3) is 3.23. The average molecular weight is 249 g/mol. The van der Waals surface area contributed by atoms with Crippen LogP contribution in [0.3, 0.4) is 0 Å². The van der Waals surface area contributed by atoms with E-state index >= 15 is 0 Å². The fraction of sp³-hybridized carbons (Fsp3) is 0.333. The van der Waals surface area contributed by atoms with Gasteiger partial charge in [-0.2, -0.15) is 4.98 Å². The number of thioether (sulfide) groups is 1. The SMILES string of the molecule is CCCc1nc(CSc2ccccc2N)no1. The Hall–Kier alpha value is -1.49. The summed E-state index contributed by atoms with van der Waals surface area (Å²) in [6.45, 7) is 2.09. The van der Waals surface area contributed by atoms with Gasteiger partial charge in [-0.15, -0.1) is 11.8 Å². The fourth-order valence-electron chi connectivity index (χ4n) is 1.42. The number of nitrogens with zero attached hydrogens (tertiary/aromatic N) is 2. The van der Waals surface area contributed by atoms with E-state index in [-0.39, 0.29) is 0 Å². The lowest BCUT2D eigenvalue weighted by Crippen LogP contribution is -1.90. The van der Waals surface area contributed by atoms with Crippen molar-refractivity contribution in [1.29, 1.82) is 0 Å². The minimum absolute atomic E-state index is 0.682. The highest BCUT2D eigenvalue weighted by atomic mass is 32.2. The maximum Gasteiger partial charge on any atom is 0.226 e. The Balaban J connectivity index is 1.95. The first kappa shape index (κ1) is 12.0. The molecule has 0 atom stereocenters. The summed E-state index contributed by atoms with van der Waals surface area (Å²) in [4.78, 5) is 5.36. The van der Waals surface area contributed by atoms with Crippen LogP contribution in [0.4, 0.5) is 5.69 Å². The molecule has 0 saturated heterocycles. The van der Waals surface area contributed by atoms with Gasteiger partial charge in [0, 0.05) is 17.0 Å². The van der Waals surface area contributed by atoms with Crippen LogP contribution < -0.4 is 5.73 Å². The van der Waals surface area contributed by atoms with Crippen LogP contribution in [-0.2, 0) is 12.2 Å². The second kappa shape index (κ2) is 5.72. The molecule has 2 aromatic rings. The highest BCUT2D eigenvalue weighted by Crippen LogP contribution is 2.26. The van der Waals surface area contributed by atoms with E-state index in [4.69, 9.17) is 10.3 Å². The van der Waals surface area contributed by atoms with E-state index in [1.54, 1.807) is 11.8 Å². The van der Waals surface area contributed by atoms with Crippen LogP contribution in [0.1, 0.15) is 25.1 Å². The van der Waals surface area contributed by atoms with E-state index in [9.17, 15) is 0 Å². The topological polar surface area (TPSA) is 64.9 Å². The van der Waals surface area contributed by atoms with Gasteiger partial charge in [0.05, 0.1) is 5.75 Å². The van der Waals surface area contributed by atoms with Crippen molar-refractivity contribution in [3.63, 3.8) is 0 Å². The van der Waals surface area contributed by atoms with Crippen LogP contribution in [0.15, 0.2) is 33.7 Å². The van der Waals surface area contributed by atoms with Crippen LogP contribution >= 0.6 is 11.8 Å². The largest absolute Gasteiger partial charge is 0.398 e. The summed E-state index contributed by atoms with van der Waals surface area (Å²) in [5.74, 6) is 2.12. The molecule has 0 radical (unpaired) electrons. The van der Waals surface area contributed by atoms with Crippen molar-refractivity contribution >= 4 is 17.4 Å². The molecule has 90 valence electrons. The molecule has 2 rings (SSSR count). The highest BCUT2D eigenvalue weighted by Gasteiger charge is 2.06. The molecule has 0 bridgehead atoms. The molecule has 17 heavy (non-hydrogen) atoms. The van der Waals surface area contributed by atoms with Gasteiger partial charge in [0.2, 0.25) is 5.89 Å². The molecule has 0 spiro atoms. The number of anilines is 1. The van der Waals surface area contributed by atoms with Gasteiger partial charge >= 0.3 is 0 Å². The summed E-state index contributed by atoms with van der Waals surface area (Å²) < 4.78 is 5.12. The number of hydrogen-bond acceptors (Lipinski definition) is 5. The molecule has 1 aromatic carbocycles. The first-order valence-corrected chi connectivity index (χ1v) is 6.57. The van der Waals surface area contributed by atoms with Crippen LogP contribution in [0.2, 0.25) is 0 Å². The van der Waals surface area contributed by atoms with Crippen molar-refractivity contribution in [2.75, 3.05) is 5.73 Å². The minimum atomic E-state index is 0.682. The van der Waals surface area contributed by atoms with Crippen molar-refractivity contribution in [2.24, 2.45) is 0 Å². The summed E-state index contributed by atoms with van der Waals surface area (Å²) in [6, 6.07) is 7.78. The number of nitrogens with two attached hydrogens (primary N) is 1. The molecule has 1 aromatic heterocycles. The zero-order valence-corrected chi connectivity index (χ0v) is 10.5. The first-order valence-electron chi connectivity index (χ1n) is 5.58. The molecule has 0 fully saturated rings. The van der Waals surface area contributed by atoms with Gasteiger partial charge in [-0.1, -0.05) is 24.2 Å². The summed E-state index contributed by atoms with van der Waals surface area (Å²) in [6.07, 6.45) is 1.85. The Morgan fingerprint density at radius 1 is 1.35 bits per heavy atom. The number of aryl methyl sites for hydroxylation is 1. The molecule has 4 nitrogen and oxygen atoms in total. The molecule has 1 heterocycles. The van der Waals surface area contributed by atoms with Crippen molar-refractivity contribution < 1.29 is 4.52 Å². The van der Waals surface area contributed by atoms with Gasteiger partial charge in [-0.3, -0.25) is 0 Å². The van der Waals surface area contributed by atoms with Gasteiger partial charge in [-0.05, 0) is 18.6 Å². The van der Waals surface area contributed by atoms with Crippen molar-refractivity contribution in [2.45, 2.75) is 30.4 Å². The molecule has 0 saturated carbocycles. The van der Waals surface area contributed by atoms with E-state index in [2.05, 4.69) is 17.1 Å². The number of benzene rings is 1. The summed E-state index contributed by atoms with van der Waals surface area (Å²) >= 11 is 1.62. The first-order chi connectivity index (χ1) is 8.29. The average Bonchev–Trinajstić information content (AvgIpc) is 2.76. The predicted octanol–water partition coefficient (Wildman–Crippen LogP) is 2.90. The Morgan fingerprint density at radius 3 is 2.94 bits per heavy atom.